The molecule has 0 N–H and O–H groups in total. The molecule has 0 heteroatoms. The van der Waals surface area contributed by atoms with Crippen LogP contribution in [-0.2, 0) is 0 Å². The summed E-state index contributed by atoms with van der Waals surface area (Å²) in [5.41, 5.74) is 0. The molecule has 0 aliphatic heterocycles. The first-order valence-corrected chi connectivity index (χ1v) is 7.84. The molecule has 0 amide bonds. The second-order valence-corrected chi connectivity index (χ2v) is 5.93. The van der Waals surface area contributed by atoms with Gasteiger partial charge in [-0.2, -0.15) is 0 Å². The van der Waals surface area contributed by atoms with Crippen LogP contribution in [0.5, 0.6) is 0 Å². The Morgan fingerprint density at radius 2 is 1.44 bits per heavy atom. The third kappa shape index (κ3) is 5.92. The summed E-state index contributed by atoms with van der Waals surface area (Å²) in [7, 11) is 0. The van der Waals surface area contributed by atoms with Gasteiger partial charge in [0.25, 0.3) is 0 Å². The normalized spacial score (nSPS) is 19.1. The number of hydrogen-bond acceptors (Lipinski definition) is 0. The van der Waals surface area contributed by atoms with Gasteiger partial charge in [0.05, 0.1) is 0 Å². The molecule has 0 aromatic rings. The molecule has 0 radical (unpaired) electrons. The van der Waals surface area contributed by atoms with Crippen molar-refractivity contribution in [3.05, 3.63) is 0 Å². The predicted molar refractivity (Wildman–Crippen MR) is 73.7 cm³/mol. The van der Waals surface area contributed by atoms with Gasteiger partial charge in [0.15, 0.2) is 0 Å². The van der Waals surface area contributed by atoms with Crippen LogP contribution < -0.4 is 0 Å². The lowest BCUT2D eigenvalue weighted by atomic mass is 9.88. The van der Waals surface area contributed by atoms with Gasteiger partial charge in [-0.3, -0.25) is 0 Å². The van der Waals surface area contributed by atoms with Crippen molar-refractivity contribution in [1.29, 1.82) is 0 Å². The molecule has 0 bridgehead atoms. The maximum absolute atomic E-state index is 2.49. The largest absolute Gasteiger partial charge is 0.0654 e. The zero-order valence-corrected chi connectivity index (χ0v) is 11.6. The number of rotatable bonds is 9. The van der Waals surface area contributed by atoms with Gasteiger partial charge in [0.1, 0.15) is 0 Å². The smallest absolute Gasteiger partial charge is 0.0388 e. The fourth-order valence-corrected chi connectivity index (χ4v) is 3.19. The van der Waals surface area contributed by atoms with E-state index in [-0.39, 0.29) is 0 Å². The minimum atomic E-state index is 1.01. The summed E-state index contributed by atoms with van der Waals surface area (Å²) in [6, 6.07) is 0. The van der Waals surface area contributed by atoms with Crippen LogP contribution in [-0.4, -0.2) is 0 Å². The monoisotopic (exact) mass is 224 g/mol. The Morgan fingerprint density at radius 3 is 2.06 bits per heavy atom. The summed E-state index contributed by atoms with van der Waals surface area (Å²) in [5, 5.41) is 0. The molecule has 1 saturated carbocycles. The zero-order chi connectivity index (χ0) is 11.6. The molecule has 1 fully saturated rings. The van der Waals surface area contributed by atoms with Gasteiger partial charge in [-0.1, -0.05) is 90.9 Å². The first kappa shape index (κ1) is 14.1. The van der Waals surface area contributed by atoms with Gasteiger partial charge in [-0.15, -0.1) is 0 Å². The quantitative estimate of drug-likeness (QED) is 0.424. The van der Waals surface area contributed by atoms with Gasteiger partial charge >= 0.3 is 0 Å². The lowest BCUT2D eigenvalue weighted by Gasteiger charge is -2.18. The van der Waals surface area contributed by atoms with Crippen molar-refractivity contribution in [2.45, 2.75) is 90.9 Å². The van der Waals surface area contributed by atoms with Crippen molar-refractivity contribution < 1.29 is 0 Å². The van der Waals surface area contributed by atoms with E-state index in [0.717, 1.165) is 11.8 Å². The van der Waals surface area contributed by atoms with E-state index in [2.05, 4.69) is 13.8 Å². The first-order chi connectivity index (χ1) is 7.84. The van der Waals surface area contributed by atoms with Crippen LogP contribution in [0.2, 0.25) is 0 Å². The zero-order valence-electron chi connectivity index (χ0n) is 11.6. The minimum Gasteiger partial charge on any atom is -0.0654 e. The maximum atomic E-state index is 2.49. The van der Waals surface area contributed by atoms with E-state index >= 15 is 0 Å². The van der Waals surface area contributed by atoms with Crippen molar-refractivity contribution in [1.82, 2.24) is 0 Å². The van der Waals surface area contributed by atoms with E-state index in [9.17, 15) is 0 Å². The minimum absolute atomic E-state index is 1.01. The molecule has 1 unspecified atom stereocenters. The molecule has 0 nitrogen and oxygen atoms in total. The lowest BCUT2D eigenvalue weighted by molar-refractivity contribution is 0.333. The van der Waals surface area contributed by atoms with Crippen molar-refractivity contribution in [2.75, 3.05) is 0 Å². The molecule has 0 aromatic carbocycles. The summed E-state index contributed by atoms with van der Waals surface area (Å²) in [5.74, 6) is 2.10. The topological polar surface area (TPSA) is 0 Å². The lowest BCUT2D eigenvalue weighted by Crippen LogP contribution is -2.07. The fraction of sp³-hybridized carbons (Fsp3) is 1.00. The van der Waals surface area contributed by atoms with E-state index < -0.39 is 0 Å². The number of hydrogen-bond donors (Lipinski definition) is 0. The molecule has 0 spiro atoms. The Kier molecular flexibility index (Phi) is 7.98. The van der Waals surface area contributed by atoms with Crippen molar-refractivity contribution >= 4 is 0 Å². The Morgan fingerprint density at radius 1 is 0.875 bits per heavy atom. The summed E-state index contributed by atoms with van der Waals surface area (Å²) >= 11 is 0. The molecule has 0 aromatic heterocycles. The van der Waals surface area contributed by atoms with Crippen LogP contribution in [0.15, 0.2) is 0 Å². The van der Waals surface area contributed by atoms with Gasteiger partial charge in [-0.25, -0.2) is 0 Å². The third-order valence-electron chi connectivity index (χ3n) is 4.47. The molecule has 1 atom stereocenters. The Labute approximate surface area is 103 Å². The van der Waals surface area contributed by atoms with Gasteiger partial charge in [-0.05, 0) is 11.8 Å². The molecule has 16 heavy (non-hydrogen) atoms. The molecular formula is C16H32. The van der Waals surface area contributed by atoms with Crippen molar-refractivity contribution in [3.8, 4) is 0 Å². The average molecular weight is 224 g/mol. The highest BCUT2D eigenvalue weighted by Crippen LogP contribution is 2.33. The van der Waals surface area contributed by atoms with Gasteiger partial charge < -0.3 is 0 Å². The highest BCUT2D eigenvalue weighted by Gasteiger charge is 2.20. The van der Waals surface area contributed by atoms with Crippen molar-refractivity contribution in [3.63, 3.8) is 0 Å². The van der Waals surface area contributed by atoms with E-state index in [4.69, 9.17) is 0 Å². The Hall–Kier alpha value is 0. The second-order valence-electron chi connectivity index (χ2n) is 5.93. The molecule has 0 saturated heterocycles. The molecule has 96 valence electrons. The van der Waals surface area contributed by atoms with E-state index in [1.54, 1.807) is 0 Å². The predicted octanol–water partition coefficient (Wildman–Crippen LogP) is 5.95. The highest BCUT2D eigenvalue weighted by atomic mass is 14.3. The van der Waals surface area contributed by atoms with Gasteiger partial charge in [0.2, 0.25) is 0 Å². The van der Waals surface area contributed by atoms with E-state index in [1.165, 1.54) is 77.0 Å². The van der Waals surface area contributed by atoms with Crippen LogP contribution in [0.1, 0.15) is 90.9 Å². The maximum Gasteiger partial charge on any atom is -0.0388 e. The second kappa shape index (κ2) is 9.07. The standard InChI is InChI=1S/C16H32/c1-3-4-5-6-7-8-9-12-15(2)16-13-10-11-14-16/h15-16H,3-14H2,1-2H3. The van der Waals surface area contributed by atoms with Gasteiger partial charge in [0, 0.05) is 0 Å². The van der Waals surface area contributed by atoms with Crippen LogP contribution in [0.25, 0.3) is 0 Å². The molecule has 0 heterocycles. The Balaban J connectivity index is 1.86. The van der Waals surface area contributed by atoms with E-state index in [1.807, 2.05) is 0 Å². The summed E-state index contributed by atoms with van der Waals surface area (Å²) in [6.07, 6.45) is 17.8. The van der Waals surface area contributed by atoms with Crippen LogP contribution >= 0.6 is 0 Å². The fourth-order valence-electron chi connectivity index (χ4n) is 3.19. The highest BCUT2D eigenvalue weighted by molar-refractivity contribution is 4.72. The molecule has 1 aliphatic carbocycles. The molecule has 1 rings (SSSR count). The SMILES string of the molecule is CCCCCCCCCC(C)C1CCCC1. The van der Waals surface area contributed by atoms with Crippen molar-refractivity contribution in [2.24, 2.45) is 11.8 Å². The average Bonchev–Trinajstić information content (AvgIpc) is 2.81. The molecule has 1 aliphatic rings. The van der Waals surface area contributed by atoms with Crippen LogP contribution in [0.4, 0.5) is 0 Å². The number of unbranched alkanes of at least 4 members (excludes halogenated alkanes) is 6. The Bertz CT molecular complexity index is 144. The molecular weight excluding hydrogens is 192 g/mol. The van der Waals surface area contributed by atoms with Crippen LogP contribution in [0, 0.1) is 11.8 Å². The third-order valence-corrected chi connectivity index (χ3v) is 4.47. The van der Waals surface area contributed by atoms with Crippen LogP contribution in [0.3, 0.4) is 0 Å². The van der Waals surface area contributed by atoms with E-state index in [0.29, 0.717) is 0 Å². The first-order valence-electron chi connectivity index (χ1n) is 7.84. The summed E-state index contributed by atoms with van der Waals surface area (Å²) in [4.78, 5) is 0. The summed E-state index contributed by atoms with van der Waals surface area (Å²) in [6.45, 7) is 4.79. The summed E-state index contributed by atoms with van der Waals surface area (Å²) < 4.78 is 0.